The van der Waals surface area contributed by atoms with Crippen molar-refractivity contribution in [3.05, 3.63) is 89.5 Å². The number of nitrogens with one attached hydrogen (secondary N) is 2. The van der Waals surface area contributed by atoms with Gasteiger partial charge in [-0.25, -0.2) is 0 Å². The molecule has 39 heavy (non-hydrogen) atoms. The van der Waals surface area contributed by atoms with Crippen LogP contribution in [0.4, 0.5) is 11.4 Å². The van der Waals surface area contributed by atoms with Crippen LogP contribution in [0.25, 0.3) is 0 Å². The van der Waals surface area contributed by atoms with Gasteiger partial charge < -0.3 is 25.2 Å². The fourth-order valence-electron chi connectivity index (χ4n) is 3.98. The Morgan fingerprint density at radius 2 is 1.49 bits per heavy atom. The van der Waals surface area contributed by atoms with E-state index in [0.717, 1.165) is 27.3 Å². The summed E-state index contributed by atoms with van der Waals surface area (Å²) >= 11 is 18.6. The number of aliphatic hydroxyl groups excluding tert-OH is 1. The zero-order chi connectivity index (χ0) is 28.0. The van der Waals surface area contributed by atoms with Gasteiger partial charge in [-0.3, -0.25) is 9.59 Å². The SMILES string of the molecule is CC(=O)Nc1ccc(SC[C@@H]2C[C@H](c3ccc(CO)cc3)O[C@H](c3ccc(NC(=O)C(Cl)(Cl)Cl)cc3)O2)cc1. The topological polar surface area (TPSA) is 96.9 Å². The van der Waals surface area contributed by atoms with Gasteiger partial charge in [0, 0.05) is 40.9 Å². The first-order chi connectivity index (χ1) is 18.6. The molecule has 1 aliphatic rings. The maximum atomic E-state index is 12.0. The molecule has 3 aromatic carbocycles. The van der Waals surface area contributed by atoms with Crippen LogP contribution in [0, 0.1) is 0 Å². The third-order valence-electron chi connectivity index (χ3n) is 5.92. The van der Waals surface area contributed by atoms with E-state index >= 15 is 0 Å². The Morgan fingerprint density at radius 3 is 2.08 bits per heavy atom. The van der Waals surface area contributed by atoms with Gasteiger partial charge in [-0.15, -0.1) is 11.8 Å². The van der Waals surface area contributed by atoms with Crippen LogP contribution in [0.2, 0.25) is 0 Å². The first kappa shape index (κ1) is 29.7. The molecule has 0 radical (unpaired) electrons. The molecule has 0 unspecified atom stereocenters. The van der Waals surface area contributed by atoms with Crippen molar-refractivity contribution in [2.75, 3.05) is 16.4 Å². The van der Waals surface area contributed by atoms with Crippen LogP contribution in [0.1, 0.15) is 42.4 Å². The quantitative estimate of drug-likeness (QED) is 0.192. The highest BCUT2D eigenvalue weighted by Gasteiger charge is 2.33. The smallest absolute Gasteiger partial charge is 0.276 e. The average Bonchev–Trinajstić information content (AvgIpc) is 2.92. The molecule has 2 amide bonds. The highest BCUT2D eigenvalue weighted by molar-refractivity contribution is 7.99. The summed E-state index contributed by atoms with van der Waals surface area (Å²) in [7, 11) is 0. The monoisotopic (exact) mass is 608 g/mol. The molecule has 0 spiro atoms. The number of alkyl halides is 3. The van der Waals surface area contributed by atoms with E-state index < -0.39 is 16.0 Å². The van der Waals surface area contributed by atoms with Crippen LogP contribution in [0.5, 0.6) is 0 Å². The van der Waals surface area contributed by atoms with Crippen LogP contribution < -0.4 is 10.6 Å². The van der Waals surface area contributed by atoms with E-state index in [1.54, 1.807) is 36.0 Å². The van der Waals surface area contributed by atoms with Crippen molar-refractivity contribution in [1.29, 1.82) is 0 Å². The number of carbonyl (C=O) groups is 2. The zero-order valence-corrected chi connectivity index (χ0v) is 24.0. The van der Waals surface area contributed by atoms with Crippen molar-refractivity contribution in [2.45, 2.75) is 47.1 Å². The Bertz CT molecular complexity index is 1270. The van der Waals surface area contributed by atoms with Crippen LogP contribution in [0.15, 0.2) is 77.7 Å². The van der Waals surface area contributed by atoms with E-state index in [1.807, 2.05) is 48.5 Å². The number of thioether (sulfide) groups is 1. The van der Waals surface area contributed by atoms with Crippen LogP contribution in [-0.2, 0) is 25.7 Å². The fourth-order valence-corrected chi connectivity index (χ4v) is 5.04. The fraction of sp³-hybridized carbons (Fsp3) is 0.286. The normalized spacial score (nSPS) is 19.4. The maximum absolute atomic E-state index is 12.0. The summed E-state index contributed by atoms with van der Waals surface area (Å²) in [4.78, 5) is 24.3. The molecular weight excluding hydrogens is 583 g/mol. The van der Waals surface area contributed by atoms with Gasteiger partial charge in [0.1, 0.15) is 0 Å². The minimum atomic E-state index is -2.07. The second-order valence-corrected chi connectivity index (χ2v) is 12.3. The summed E-state index contributed by atoms with van der Waals surface area (Å²) in [6.07, 6.45) is -0.362. The molecule has 7 nitrogen and oxygen atoms in total. The molecular formula is C28H27Cl3N2O5S. The molecule has 11 heteroatoms. The van der Waals surface area contributed by atoms with Gasteiger partial charge in [-0.05, 0) is 47.5 Å². The molecule has 4 rings (SSSR count). The minimum Gasteiger partial charge on any atom is -0.392 e. The molecule has 0 aromatic heterocycles. The second-order valence-electron chi connectivity index (χ2n) is 8.94. The molecule has 3 aromatic rings. The Labute approximate surface area is 246 Å². The van der Waals surface area contributed by atoms with E-state index in [0.29, 0.717) is 17.9 Å². The van der Waals surface area contributed by atoms with E-state index in [2.05, 4.69) is 10.6 Å². The first-order valence-corrected chi connectivity index (χ1v) is 14.2. The van der Waals surface area contributed by atoms with Gasteiger partial charge in [0.2, 0.25) is 5.91 Å². The largest absolute Gasteiger partial charge is 0.392 e. The lowest BCUT2D eigenvalue weighted by Crippen LogP contribution is -2.31. The highest BCUT2D eigenvalue weighted by Crippen LogP contribution is 2.40. The third kappa shape index (κ3) is 8.59. The Morgan fingerprint density at radius 1 is 0.897 bits per heavy atom. The van der Waals surface area contributed by atoms with Crippen LogP contribution in [0.3, 0.4) is 0 Å². The van der Waals surface area contributed by atoms with E-state index in [1.165, 1.54) is 6.92 Å². The van der Waals surface area contributed by atoms with E-state index in [-0.39, 0.29) is 24.7 Å². The van der Waals surface area contributed by atoms with Crippen molar-refractivity contribution in [2.24, 2.45) is 0 Å². The number of aliphatic hydroxyl groups is 1. The number of benzene rings is 3. The van der Waals surface area contributed by atoms with Crippen molar-refractivity contribution < 1.29 is 24.2 Å². The maximum Gasteiger partial charge on any atom is 0.276 e. The van der Waals surface area contributed by atoms with Crippen molar-refractivity contribution in [1.82, 2.24) is 0 Å². The Balaban J connectivity index is 1.48. The van der Waals surface area contributed by atoms with Gasteiger partial charge in [-0.2, -0.15) is 0 Å². The summed E-state index contributed by atoms with van der Waals surface area (Å²) < 4.78 is 10.6. The van der Waals surface area contributed by atoms with Gasteiger partial charge in [0.05, 0.1) is 18.8 Å². The van der Waals surface area contributed by atoms with E-state index in [9.17, 15) is 14.7 Å². The summed E-state index contributed by atoms with van der Waals surface area (Å²) in [6, 6.07) is 22.3. The molecule has 206 valence electrons. The molecule has 1 saturated heterocycles. The molecule has 0 saturated carbocycles. The third-order valence-corrected chi connectivity index (χ3v) is 7.58. The van der Waals surface area contributed by atoms with Crippen molar-refractivity contribution in [3.8, 4) is 0 Å². The molecule has 1 heterocycles. The van der Waals surface area contributed by atoms with Gasteiger partial charge in [-0.1, -0.05) is 71.2 Å². The molecule has 0 aliphatic carbocycles. The lowest BCUT2D eigenvalue weighted by molar-refractivity contribution is -0.245. The van der Waals surface area contributed by atoms with Crippen molar-refractivity contribution in [3.63, 3.8) is 0 Å². The summed E-state index contributed by atoms with van der Waals surface area (Å²) in [6.45, 7) is 1.45. The predicted octanol–water partition coefficient (Wildman–Crippen LogP) is 6.78. The van der Waals surface area contributed by atoms with Gasteiger partial charge in [0.15, 0.2) is 6.29 Å². The lowest BCUT2D eigenvalue weighted by Gasteiger charge is -2.36. The molecule has 1 fully saturated rings. The second kappa shape index (κ2) is 13.4. The number of ether oxygens (including phenoxy) is 2. The summed E-state index contributed by atoms with van der Waals surface area (Å²) in [5.74, 6) is -0.183. The Hall–Kier alpha value is -2.30. The zero-order valence-electron chi connectivity index (χ0n) is 20.9. The summed E-state index contributed by atoms with van der Waals surface area (Å²) in [5.41, 5.74) is 3.80. The molecule has 3 N–H and O–H groups in total. The molecule has 3 atom stereocenters. The number of anilines is 2. The van der Waals surface area contributed by atoms with Gasteiger partial charge in [0.25, 0.3) is 9.70 Å². The number of carbonyl (C=O) groups excluding carboxylic acids is 2. The number of hydrogen-bond donors (Lipinski definition) is 3. The van der Waals surface area contributed by atoms with E-state index in [4.69, 9.17) is 44.3 Å². The number of hydrogen-bond acceptors (Lipinski definition) is 6. The average molecular weight is 610 g/mol. The standard InChI is InChI=1S/C28H27Cl3N2O5S/c1-17(35)32-21-10-12-24(13-11-21)39-16-23-14-25(19-4-2-18(15-34)3-5-19)38-26(37-23)20-6-8-22(9-7-20)33-27(36)28(29,30)31/h2-13,23,25-26,34H,14-16H2,1H3,(H,32,35)(H,33,36)/t23-,25+,26+/m0/s1. The highest BCUT2D eigenvalue weighted by atomic mass is 35.6. The number of amides is 2. The molecule has 1 aliphatic heterocycles. The van der Waals surface area contributed by atoms with Crippen LogP contribution >= 0.6 is 46.6 Å². The summed E-state index contributed by atoms with van der Waals surface area (Å²) in [5, 5.41) is 14.7. The van der Waals surface area contributed by atoms with Gasteiger partial charge >= 0.3 is 0 Å². The first-order valence-electron chi connectivity index (χ1n) is 12.1. The predicted molar refractivity (Wildman–Crippen MR) is 155 cm³/mol. The van der Waals surface area contributed by atoms with Crippen LogP contribution in [-0.4, -0.2) is 32.6 Å². The number of rotatable bonds is 8. The minimum absolute atomic E-state index is 0.0291. The molecule has 0 bridgehead atoms. The number of halogens is 3. The lowest BCUT2D eigenvalue weighted by atomic mass is 10.0. The van der Waals surface area contributed by atoms with Crippen molar-refractivity contribution >= 4 is 69.8 Å². The Kier molecular flexibility index (Phi) is 10.2.